The maximum atomic E-state index is 12.9. The molecule has 2 N–H and O–H groups in total. The highest BCUT2D eigenvalue weighted by molar-refractivity contribution is 5.55. The second-order valence-electron chi connectivity index (χ2n) is 3.80. The number of hydrogen-bond acceptors (Lipinski definition) is 4. The average molecular weight is 247 g/mol. The molecule has 2 aromatic carbocycles. The number of anilines is 1. The van der Waals surface area contributed by atoms with Gasteiger partial charge in [0.25, 0.3) is 0 Å². The number of fused-ring (bicyclic) bond motifs is 1. The van der Waals surface area contributed by atoms with E-state index in [9.17, 15) is 4.39 Å². The van der Waals surface area contributed by atoms with Gasteiger partial charge in [0, 0.05) is 12.1 Å². The zero-order valence-corrected chi connectivity index (χ0v) is 9.35. The van der Waals surface area contributed by atoms with Crippen LogP contribution in [0.5, 0.6) is 23.0 Å². The Hall–Kier alpha value is -2.43. The van der Waals surface area contributed by atoms with Crippen molar-refractivity contribution >= 4 is 5.69 Å². The predicted octanol–water partition coefficient (Wildman–Crippen LogP) is 2.93. The van der Waals surface area contributed by atoms with Gasteiger partial charge in [-0.1, -0.05) is 0 Å². The first kappa shape index (κ1) is 10.7. The van der Waals surface area contributed by atoms with Gasteiger partial charge in [-0.3, -0.25) is 0 Å². The maximum Gasteiger partial charge on any atom is 0.231 e. The molecule has 0 bridgehead atoms. The summed E-state index contributed by atoms with van der Waals surface area (Å²) in [4.78, 5) is 0. The quantitative estimate of drug-likeness (QED) is 0.829. The molecule has 18 heavy (non-hydrogen) atoms. The first-order chi connectivity index (χ1) is 8.72. The third kappa shape index (κ3) is 1.90. The smallest absolute Gasteiger partial charge is 0.231 e. The van der Waals surface area contributed by atoms with E-state index in [2.05, 4.69) is 0 Å². The molecule has 0 spiro atoms. The summed E-state index contributed by atoms with van der Waals surface area (Å²) >= 11 is 0. The molecule has 0 saturated heterocycles. The molecule has 0 fully saturated rings. The van der Waals surface area contributed by atoms with Crippen molar-refractivity contribution in [2.24, 2.45) is 0 Å². The summed E-state index contributed by atoms with van der Waals surface area (Å²) in [6, 6.07) is 9.16. The largest absolute Gasteiger partial charge is 0.455 e. The number of rotatable bonds is 2. The third-order valence-corrected chi connectivity index (χ3v) is 2.54. The van der Waals surface area contributed by atoms with Gasteiger partial charge in [0.15, 0.2) is 17.2 Å². The van der Waals surface area contributed by atoms with Crippen LogP contribution in [0.3, 0.4) is 0 Å². The molecule has 4 nitrogen and oxygen atoms in total. The lowest BCUT2D eigenvalue weighted by Crippen LogP contribution is -1.93. The fraction of sp³-hybridized carbons (Fsp3) is 0.0769. The van der Waals surface area contributed by atoms with E-state index in [4.69, 9.17) is 19.9 Å². The molecule has 0 atom stereocenters. The zero-order valence-electron chi connectivity index (χ0n) is 9.35. The van der Waals surface area contributed by atoms with E-state index < -0.39 is 5.82 Å². The fourth-order valence-corrected chi connectivity index (χ4v) is 1.68. The monoisotopic (exact) mass is 247 g/mol. The van der Waals surface area contributed by atoms with Crippen LogP contribution >= 0.6 is 0 Å². The van der Waals surface area contributed by atoms with E-state index >= 15 is 0 Å². The Kier molecular flexibility index (Phi) is 2.44. The molecule has 2 aromatic rings. The van der Waals surface area contributed by atoms with Crippen molar-refractivity contribution in [3.8, 4) is 23.0 Å². The lowest BCUT2D eigenvalue weighted by atomic mass is 10.2. The topological polar surface area (TPSA) is 53.7 Å². The van der Waals surface area contributed by atoms with Crippen LogP contribution in [0.15, 0.2) is 36.4 Å². The minimum absolute atomic E-state index is 0.206. The lowest BCUT2D eigenvalue weighted by molar-refractivity contribution is 0.174. The molecule has 5 heteroatoms. The van der Waals surface area contributed by atoms with E-state index in [-0.39, 0.29) is 12.5 Å². The number of nitrogens with two attached hydrogens (primary N) is 1. The first-order valence-corrected chi connectivity index (χ1v) is 5.35. The molecule has 0 saturated carbocycles. The summed E-state index contributed by atoms with van der Waals surface area (Å²) in [5, 5.41) is 0. The third-order valence-electron chi connectivity index (χ3n) is 2.54. The average Bonchev–Trinajstić information content (AvgIpc) is 2.80. The SMILES string of the molecule is Nc1cc(F)ccc1Oc1ccc2c(c1)OCO2. The van der Waals surface area contributed by atoms with Crippen LogP contribution < -0.4 is 19.9 Å². The molecule has 1 aliphatic heterocycles. The van der Waals surface area contributed by atoms with Crippen molar-refractivity contribution in [1.29, 1.82) is 0 Å². The molecule has 1 heterocycles. The Morgan fingerprint density at radius 2 is 1.89 bits per heavy atom. The van der Waals surface area contributed by atoms with Crippen LogP contribution in [0, 0.1) is 5.82 Å². The lowest BCUT2D eigenvalue weighted by Gasteiger charge is -2.08. The van der Waals surface area contributed by atoms with Gasteiger partial charge in [0.2, 0.25) is 6.79 Å². The Morgan fingerprint density at radius 1 is 1.06 bits per heavy atom. The Morgan fingerprint density at radius 3 is 2.72 bits per heavy atom. The number of halogens is 1. The van der Waals surface area contributed by atoms with Crippen LogP contribution in [0.25, 0.3) is 0 Å². The highest BCUT2D eigenvalue weighted by Crippen LogP contribution is 2.37. The molecule has 0 aromatic heterocycles. The Bertz CT molecular complexity index is 601. The van der Waals surface area contributed by atoms with Crippen molar-refractivity contribution < 1.29 is 18.6 Å². The maximum absolute atomic E-state index is 12.9. The Labute approximate surface area is 103 Å². The van der Waals surface area contributed by atoms with Crippen molar-refractivity contribution in [3.05, 3.63) is 42.2 Å². The van der Waals surface area contributed by atoms with Crippen molar-refractivity contribution in [1.82, 2.24) is 0 Å². The van der Waals surface area contributed by atoms with Gasteiger partial charge in [0.05, 0.1) is 5.69 Å². The van der Waals surface area contributed by atoms with E-state index in [1.807, 2.05) is 0 Å². The van der Waals surface area contributed by atoms with E-state index in [1.54, 1.807) is 18.2 Å². The molecule has 0 radical (unpaired) electrons. The zero-order chi connectivity index (χ0) is 12.5. The normalized spacial score (nSPS) is 12.5. The molecule has 1 aliphatic rings. The number of nitrogen functional groups attached to an aromatic ring is 1. The summed E-state index contributed by atoms with van der Waals surface area (Å²) in [6.45, 7) is 0.206. The predicted molar refractivity (Wildman–Crippen MR) is 63.5 cm³/mol. The first-order valence-electron chi connectivity index (χ1n) is 5.35. The summed E-state index contributed by atoms with van der Waals surface area (Å²) in [6.07, 6.45) is 0. The molecule has 0 amide bonds. The Balaban J connectivity index is 1.88. The molecule has 0 unspecified atom stereocenters. The fourth-order valence-electron chi connectivity index (χ4n) is 1.68. The second-order valence-corrected chi connectivity index (χ2v) is 3.80. The molecule has 92 valence electrons. The highest BCUT2D eigenvalue weighted by Gasteiger charge is 2.14. The van der Waals surface area contributed by atoms with E-state index in [0.29, 0.717) is 23.0 Å². The summed E-state index contributed by atoms with van der Waals surface area (Å²) in [7, 11) is 0. The van der Waals surface area contributed by atoms with Crippen LogP contribution in [-0.2, 0) is 0 Å². The van der Waals surface area contributed by atoms with E-state index in [1.165, 1.54) is 18.2 Å². The number of benzene rings is 2. The minimum Gasteiger partial charge on any atom is -0.455 e. The van der Waals surface area contributed by atoms with Crippen LogP contribution in [0.1, 0.15) is 0 Å². The van der Waals surface area contributed by atoms with Gasteiger partial charge in [-0.2, -0.15) is 0 Å². The van der Waals surface area contributed by atoms with Crippen molar-refractivity contribution in [2.45, 2.75) is 0 Å². The summed E-state index contributed by atoms with van der Waals surface area (Å²) in [5.41, 5.74) is 5.90. The standard InChI is InChI=1S/C13H10FNO3/c14-8-1-3-11(10(15)5-8)18-9-2-4-12-13(6-9)17-7-16-12/h1-6H,7,15H2. The molecular formula is C13H10FNO3. The van der Waals surface area contributed by atoms with Crippen molar-refractivity contribution in [3.63, 3.8) is 0 Å². The van der Waals surface area contributed by atoms with Gasteiger partial charge in [-0.25, -0.2) is 4.39 Å². The van der Waals surface area contributed by atoms with Crippen LogP contribution in [-0.4, -0.2) is 6.79 Å². The minimum atomic E-state index is -0.398. The molecule has 0 aliphatic carbocycles. The molecule has 3 rings (SSSR count). The van der Waals surface area contributed by atoms with Gasteiger partial charge in [-0.15, -0.1) is 0 Å². The summed E-state index contributed by atoms with van der Waals surface area (Å²) in [5.74, 6) is 1.85. The van der Waals surface area contributed by atoms with Gasteiger partial charge in [0.1, 0.15) is 11.6 Å². The molecular weight excluding hydrogens is 237 g/mol. The number of ether oxygens (including phenoxy) is 3. The second kappa shape index (κ2) is 4.10. The van der Waals surface area contributed by atoms with Gasteiger partial charge in [-0.05, 0) is 24.3 Å². The van der Waals surface area contributed by atoms with Crippen LogP contribution in [0.2, 0.25) is 0 Å². The van der Waals surface area contributed by atoms with Crippen LogP contribution in [0.4, 0.5) is 10.1 Å². The summed E-state index contributed by atoms with van der Waals surface area (Å²) < 4.78 is 28.9. The van der Waals surface area contributed by atoms with Gasteiger partial charge < -0.3 is 19.9 Å². The van der Waals surface area contributed by atoms with Crippen molar-refractivity contribution in [2.75, 3.05) is 12.5 Å². The van der Waals surface area contributed by atoms with E-state index in [0.717, 1.165) is 0 Å². The number of hydrogen-bond donors (Lipinski definition) is 1. The highest BCUT2D eigenvalue weighted by atomic mass is 19.1. The van der Waals surface area contributed by atoms with Gasteiger partial charge >= 0.3 is 0 Å².